The zero-order chi connectivity index (χ0) is 33.1. The standard InChI is InChI=1S/C30H34F5N3O6/c1-14(2)26(37-28(41)21-10-15-9-16(31)7-8-20(15)38(21)6)29(42)36-19(12-23(40)44-30(3,4)5)22(39)13-43-27-24(34)17(32)11-18(33)25(27)35/h7-11,14,19,22,26,39H,12-13H2,1-6H3,(H,36,42)(H,37,41)/t19?,22?,26-/m0/s1. The molecule has 0 radical (unpaired) electrons. The highest BCUT2D eigenvalue weighted by Crippen LogP contribution is 2.27. The van der Waals surface area contributed by atoms with Gasteiger partial charge in [0.05, 0.1) is 12.5 Å². The number of amides is 2. The molecule has 2 amide bonds. The van der Waals surface area contributed by atoms with Gasteiger partial charge in [-0.15, -0.1) is 0 Å². The highest BCUT2D eigenvalue weighted by atomic mass is 19.2. The molecule has 44 heavy (non-hydrogen) atoms. The molecule has 3 N–H and O–H groups in total. The summed E-state index contributed by atoms with van der Waals surface area (Å²) in [6, 6.07) is 2.69. The maximum atomic E-state index is 14.1. The molecule has 0 fully saturated rings. The number of aryl methyl sites for hydroxylation is 1. The van der Waals surface area contributed by atoms with E-state index in [1.165, 1.54) is 28.8 Å². The summed E-state index contributed by atoms with van der Waals surface area (Å²) < 4.78 is 80.7. The largest absolute Gasteiger partial charge is 0.485 e. The van der Waals surface area contributed by atoms with Crippen molar-refractivity contribution in [1.82, 2.24) is 15.2 Å². The van der Waals surface area contributed by atoms with Gasteiger partial charge in [0.2, 0.25) is 17.5 Å². The van der Waals surface area contributed by atoms with Crippen LogP contribution in [0.15, 0.2) is 30.3 Å². The first-order valence-corrected chi connectivity index (χ1v) is 13.6. The summed E-state index contributed by atoms with van der Waals surface area (Å²) in [6.45, 7) is 6.97. The van der Waals surface area contributed by atoms with Crippen LogP contribution in [0.5, 0.6) is 5.75 Å². The van der Waals surface area contributed by atoms with Crippen molar-refractivity contribution >= 4 is 28.7 Å². The van der Waals surface area contributed by atoms with Crippen LogP contribution in [0.25, 0.3) is 10.9 Å². The molecule has 1 heterocycles. The van der Waals surface area contributed by atoms with Gasteiger partial charge in [0, 0.05) is 24.0 Å². The maximum Gasteiger partial charge on any atom is 0.308 e. The average molecular weight is 628 g/mol. The molecule has 0 saturated heterocycles. The third kappa shape index (κ3) is 8.24. The molecule has 0 aliphatic carbocycles. The minimum atomic E-state index is -1.85. The molecule has 0 saturated carbocycles. The summed E-state index contributed by atoms with van der Waals surface area (Å²) in [5, 5.41) is 16.3. The first kappa shape index (κ1) is 34.3. The molecule has 14 heteroatoms. The Hall–Kier alpha value is -4.20. The minimum absolute atomic E-state index is 0.0177. The number of halogens is 5. The van der Waals surface area contributed by atoms with Gasteiger partial charge in [-0.25, -0.2) is 13.2 Å². The van der Waals surface area contributed by atoms with Crippen molar-refractivity contribution < 1.29 is 50.9 Å². The van der Waals surface area contributed by atoms with Crippen LogP contribution < -0.4 is 15.4 Å². The number of rotatable bonds is 11. The lowest BCUT2D eigenvalue weighted by Gasteiger charge is -2.29. The van der Waals surface area contributed by atoms with E-state index in [1.807, 2.05) is 0 Å². The monoisotopic (exact) mass is 627 g/mol. The first-order valence-electron chi connectivity index (χ1n) is 13.6. The zero-order valence-corrected chi connectivity index (χ0v) is 24.9. The van der Waals surface area contributed by atoms with Crippen molar-refractivity contribution in [2.75, 3.05) is 6.61 Å². The fraction of sp³-hybridized carbons (Fsp3) is 0.433. The first-order chi connectivity index (χ1) is 20.4. The summed E-state index contributed by atoms with van der Waals surface area (Å²) in [5.74, 6) is -12.0. The third-order valence-corrected chi connectivity index (χ3v) is 6.54. The number of aromatic nitrogens is 1. The summed E-state index contributed by atoms with van der Waals surface area (Å²) in [6.07, 6.45) is -2.50. The molecule has 3 rings (SSSR count). The number of hydrogen-bond donors (Lipinski definition) is 3. The predicted octanol–water partition coefficient (Wildman–Crippen LogP) is 4.28. The number of fused-ring (bicyclic) bond motifs is 1. The summed E-state index contributed by atoms with van der Waals surface area (Å²) in [5.41, 5.74) is -0.267. The smallest absolute Gasteiger partial charge is 0.308 e. The van der Waals surface area contributed by atoms with E-state index in [2.05, 4.69) is 10.6 Å². The number of aliphatic hydroxyl groups excluding tert-OH is 1. The Bertz CT molecular complexity index is 1530. The molecule has 0 aliphatic heterocycles. The number of nitrogens with zero attached hydrogens (tertiary/aromatic N) is 1. The fourth-order valence-electron chi connectivity index (χ4n) is 4.37. The van der Waals surface area contributed by atoms with Gasteiger partial charge in [0.25, 0.3) is 5.91 Å². The molecular formula is C30H34F5N3O6. The van der Waals surface area contributed by atoms with Gasteiger partial charge in [-0.1, -0.05) is 13.8 Å². The Morgan fingerprint density at radius 2 is 1.57 bits per heavy atom. The van der Waals surface area contributed by atoms with Crippen LogP contribution in [-0.4, -0.2) is 57.9 Å². The normalized spacial score (nSPS) is 13.8. The van der Waals surface area contributed by atoms with Crippen LogP contribution in [0.1, 0.15) is 51.5 Å². The van der Waals surface area contributed by atoms with E-state index >= 15 is 0 Å². The van der Waals surface area contributed by atoms with Gasteiger partial charge in [-0.2, -0.15) is 8.78 Å². The van der Waals surface area contributed by atoms with Crippen LogP contribution in [0.2, 0.25) is 0 Å². The Morgan fingerprint density at radius 1 is 0.955 bits per heavy atom. The quantitative estimate of drug-likeness (QED) is 0.166. The second-order valence-corrected chi connectivity index (χ2v) is 11.6. The van der Waals surface area contributed by atoms with Gasteiger partial charge in [0.1, 0.15) is 35.9 Å². The Kier molecular flexibility index (Phi) is 10.6. The molecule has 2 aromatic carbocycles. The highest BCUT2D eigenvalue weighted by molar-refractivity contribution is 6.01. The van der Waals surface area contributed by atoms with Crippen molar-refractivity contribution in [2.45, 2.75) is 64.8 Å². The number of carbonyl (C=O) groups is 3. The van der Waals surface area contributed by atoms with Gasteiger partial charge >= 0.3 is 5.97 Å². The molecule has 3 atom stereocenters. The lowest BCUT2D eigenvalue weighted by molar-refractivity contribution is -0.156. The van der Waals surface area contributed by atoms with Crippen molar-refractivity contribution in [3.8, 4) is 5.75 Å². The Morgan fingerprint density at radius 3 is 2.14 bits per heavy atom. The van der Waals surface area contributed by atoms with Crippen LogP contribution in [0, 0.1) is 35.0 Å². The van der Waals surface area contributed by atoms with Crippen LogP contribution >= 0.6 is 0 Å². The number of aliphatic hydroxyl groups is 1. The Balaban J connectivity index is 1.83. The van der Waals surface area contributed by atoms with E-state index < -0.39 is 95.4 Å². The molecule has 0 aliphatic rings. The SMILES string of the molecule is CC(C)[C@H](NC(=O)c1cc2cc(F)ccc2n1C)C(=O)NC(CC(=O)OC(C)(C)C)C(O)COc1c(F)c(F)cc(F)c1F. The van der Waals surface area contributed by atoms with Crippen molar-refractivity contribution in [2.24, 2.45) is 13.0 Å². The molecule has 0 bridgehead atoms. The maximum absolute atomic E-state index is 14.1. The number of ether oxygens (including phenoxy) is 2. The van der Waals surface area contributed by atoms with Crippen LogP contribution in [0.4, 0.5) is 22.0 Å². The van der Waals surface area contributed by atoms with Gasteiger partial charge in [-0.3, -0.25) is 14.4 Å². The number of hydrogen-bond acceptors (Lipinski definition) is 6. The second kappa shape index (κ2) is 13.6. The average Bonchev–Trinajstić information content (AvgIpc) is 3.23. The number of benzene rings is 2. The zero-order valence-electron chi connectivity index (χ0n) is 24.9. The second-order valence-electron chi connectivity index (χ2n) is 11.6. The minimum Gasteiger partial charge on any atom is -0.485 e. The van der Waals surface area contributed by atoms with E-state index in [4.69, 9.17) is 9.47 Å². The highest BCUT2D eigenvalue weighted by Gasteiger charge is 2.33. The van der Waals surface area contributed by atoms with E-state index in [0.717, 1.165) is 0 Å². The lowest BCUT2D eigenvalue weighted by Crippen LogP contribution is -2.56. The molecule has 9 nitrogen and oxygen atoms in total. The number of carbonyl (C=O) groups excluding carboxylic acids is 3. The third-order valence-electron chi connectivity index (χ3n) is 6.54. The molecule has 2 unspecified atom stereocenters. The molecular weight excluding hydrogens is 593 g/mol. The van der Waals surface area contributed by atoms with E-state index in [9.17, 15) is 41.4 Å². The fourth-order valence-corrected chi connectivity index (χ4v) is 4.37. The van der Waals surface area contributed by atoms with Crippen LogP contribution in [-0.2, 0) is 21.4 Å². The predicted molar refractivity (Wildman–Crippen MR) is 149 cm³/mol. The molecule has 1 aromatic heterocycles. The van der Waals surface area contributed by atoms with E-state index in [-0.39, 0.29) is 11.8 Å². The van der Waals surface area contributed by atoms with Crippen molar-refractivity contribution in [3.05, 3.63) is 65.1 Å². The van der Waals surface area contributed by atoms with E-state index in [0.29, 0.717) is 10.9 Å². The molecule has 0 spiro atoms. The van der Waals surface area contributed by atoms with Crippen molar-refractivity contribution in [3.63, 3.8) is 0 Å². The molecule has 3 aromatic rings. The van der Waals surface area contributed by atoms with Gasteiger partial charge in [-0.05, 0) is 51.0 Å². The number of esters is 1. The van der Waals surface area contributed by atoms with E-state index in [1.54, 1.807) is 41.7 Å². The van der Waals surface area contributed by atoms with Crippen LogP contribution in [0.3, 0.4) is 0 Å². The number of nitrogens with one attached hydrogen (secondary N) is 2. The van der Waals surface area contributed by atoms with Crippen molar-refractivity contribution in [1.29, 1.82) is 0 Å². The van der Waals surface area contributed by atoms with Gasteiger partial charge in [0.15, 0.2) is 17.4 Å². The topological polar surface area (TPSA) is 119 Å². The summed E-state index contributed by atoms with van der Waals surface area (Å²) >= 11 is 0. The molecule has 240 valence electrons. The summed E-state index contributed by atoms with van der Waals surface area (Å²) in [7, 11) is 1.59. The lowest BCUT2D eigenvalue weighted by atomic mass is 10.0. The Labute approximate surface area is 250 Å². The summed E-state index contributed by atoms with van der Waals surface area (Å²) in [4.78, 5) is 39.2. The van der Waals surface area contributed by atoms with Gasteiger partial charge < -0.3 is 29.8 Å².